The standard InChI is InChI=1S/C22H24N4O3/c27-19-22(13-5-2-6-14-22)26(21(29)25-19)15-16-9-11-18(12-10-16)24-20(28)23-17-7-3-1-4-8-17/h1,3-4,7-12H,2,5-6,13-15H2,(H2,23,24,28)(H,25,27,29). The van der Waals surface area contributed by atoms with Gasteiger partial charge in [0.1, 0.15) is 5.54 Å². The molecular formula is C22H24N4O3. The maximum absolute atomic E-state index is 12.5. The lowest BCUT2D eigenvalue weighted by molar-refractivity contribution is -0.128. The van der Waals surface area contributed by atoms with Crippen molar-refractivity contribution in [2.75, 3.05) is 10.6 Å². The number of carbonyl (C=O) groups excluding carboxylic acids is 3. The van der Waals surface area contributed by atoms with E-state index in [0.29, 0.717) is 30.8 Å². The summed E-state index contributed by atoms with van der Waals surface area (Å²) in [6, 6.07) is 15.9. The van der Waals surface area contributed by atoms with Gasteiger partial charge in [-0.05, 0) is 42.7 Å². The molecule has 0 radical (unpaired) electrons. The van der Waals surface area contributed by atoms with Crippen LogP contribution in [0.3, 0.4) is 0 Å². The zero-order valence-electron chi connectivity index (χ0n) is 16.1. The second-order valence-electron chi connectivity index (χ2n) is 7.58. The molecule has 1 heterocycles. The molecule has 1 spiro atoms. The molecule has 29 heavy (non-hydrogen) atoms. The van der Waals surface area contributed by atoms with Gasteiger partial charge in [0, 0.05) is 17.9 Å². The molecule has 2 aromatic rings. The average molecular weight is 392 g/mol. The molecule has 1 aliphatic carbocycles. The summed E-state index contributed by atoms with van der Waals surface area (Å²) in [4.78, 5) is 38.6. The third-order valence-electron chi connectivity index (χ3n) is 5.67. The van der Waals surface area contributed by atoms with Crippen LogP contribution in [-0.4, -0.2) is 28.4 Å². The number of carbonyl (C=O) groups is 3. The van der Waals surface area contributed by atoms with Crippen molar-refractivity contribution in [3.63, 3.8) is 0 Å². The number of anilines is 2. The molecule has 7 nitrogen and oxygen atoms in total. The summed E-state index contributed by atoms with van der Waals surface area (Å²) in [7, 11) is 0. The summed E-state index contributed by atoms with van der Waals surface area (Å²) in [5.41, 5.74) is 1.57. The van der Waals surface area contributed by atoms with Crippen LogP contribution in [0.5, 0.6) is 0 Å². The molecule has 3 N–H and O–H groups in total. The molecule has 2 aromatic carbocycles. The van der Waals surface area contributed by atoms with Crippen LogP contribution >= 0.6 is 0 Å². The van der Waals surface area contributed by atoms with E-state index in [4.69, 9.17) is 0 Å². The van der Waals surface area contributed by atoms with E-state index in [9.17, 15) is 14.4 Å². The molecule has 1 aliphatic heterocycles. The quantitative estimate of drug-likeness (QED) is 0.685. The molecule has 4 rings (SSSR count). The minimum atomic E-state index is -0.707. The Morgan fingerprint density at radius 1 is 0.897 bits per heavy atom. The highest BCUT2D eigenvalue weighted by atomic mass is 16.2. The highest BCUT2D eigenvalue weighted by molar-refractivity contribution is 6.07. The summed E-state index contributed by atoms with van der Waals surface area (Å²) in [6.45, 7) is 0.369. The first-order chi connectivity index (χ1) is 14.1. The van der Waals surface area contributed by atoms with Crippen LogP contribution in [0.2, 0.25) is 0 Å². The fourth-order valence-electron chi connectivity index (χ4n) is 4.15. The first-order valence-corrected chi connectivity index (χ1v) is 9.92. The van der Waals surface area contributed by atoms with E-state index in [1.54, 1.807) is 17.0 Å². The van der Waals surface area contributed by atoms with Gasteiger partial charge in [-0.1, -0.05) is 49.6 Å². The zero-order valence-corrected chi connectivity index (χ0v) is 16.1. The third kappa shape index (κ3) is 3.94. The number of para-hydroxylation sites is 1. The Hall–Kier alpha value is -3.35. The summed E-state index contributed by atoms with van der Waals surface area (Å²) in [6.07, 6.45) is 4.43. The van der Waals surface area contributed by atoms with Crippen molar-refractivity contribution < 1.29 is 14.4 Å². The molecule has 150 valence electrons. The van der Waals surface area contributed by atoms with Crippen molar-refractivity contribution in [2.24, 2.45) is 0 Å². The largest absolute Gasteiger partial charge is 0.325 e. The van der Waals surface area contributed by atoms with Crippen molar-refractivity contribution >= 4 is 29.3 Å². The Labute approximate surface area is 169 Å². The van der Waals surface area contributed by atoms with Gasteiger partial charge >= 0.3 is 12.1 Å². The number of urea groups is 2. The number of imide groups is 1. The first kappa shape index (κ1) is 19.0. The van der Waals surface area contributed by atoms with Crippen LogP contribution in [0.1, 0.15) is 37.7 Å². The number of hydrogen-bond donors (Lipinski definition) is 3. The minimum Gasteiger partial charge on any atom is -0.308 e. The Kier molecular flexibility index (Phi) is 5.20. The van der Waals surface area contributed by atoms with E-state index in [1.165, 1.54) is 0 Å². The average Bonchev–Trinajstić information content (AvgIpc) is 2.94. The Balaban J connectivity index is 1.41. The van der Waals surface area contributed by atoms with Gasteiger partial charge in [-0.15, -0.1) is 0 Å². The van der Waals surface area contributed by atoms with Gasteiger partial charge < -0.3 is 15.5 Å². The molecule has 0 bridgehead atoms. The second-order valence-corrected chi connectivity index (χ2v) is 7.58. The SMILES string of the molecule is O=C(Nc1ccccc1)Nc1ccc(CN2C(=O)NC(=O)C23CCCCC3)cc1. The molecule has 0 aromatic heterocycles. The third-order valence-corrected chi connectivity index (χ3v) is 5.67. The number of nitrogens with one attached hydrogen (secondary N) is 3. The lowest BCUT2D eigenvalue weighted by atomic mass is 9.80. The molecular weight excluding hydrogens is 368 g/mol. The first-order valence-electron chi connectivity index (χ1n) is 9.92. The van der Waals surface area contributed by atoms with Crippen molar-refractivity contribution in [3.8, 4) is 0 Å². The lowest BCUT2D eigenvalue weighted by Crippen LogP contribution is -2.50. The smallest absolute Gasteiger partial charge is 0.308 e. The zero-order chi connectivity index (χ0) is 20.3. The molecule has 0 unspecified atom stereocenters. The Morgan fingerprint density at radius 3 is 2.17 bits per heavy atom. The second kappa shape index (κ2) is 7.95. The number of rotatable bonds is 4. The van der Waals surface area contributed by atoms with Crippen LogP contribution in [0, 0.1) is 0 Å². The van der Waals surface area contributed by atoms with Crippen molar-refractivity contribution in [1.82, 2.24) is 10.2 Å². The molecule has 1 saturated carbocycles. The Morgan fingerprint density at radius 2 is 1.52 bits per heavy atom. The van der Waals surface area contributed by atoms with Gasteiger partial charge in [0.05, 0.1) is 0 Å². The summed E-state index contributed by atoms with van der Waals surface area (Å²) >= 11 is 0. The molecule has 5 amide bonds. The van der Waals surface area contributed by atoms with Crippen LogP contribution in [0.4, 0.5) is 21.0 Å². The fourth-order valence-corrected chi connectivity index (χ4v) is 4.15. The maximum atomic E-state index is 12.5. The van der Waals surface area contributed by atoms with Gasteiger partial charge in [-0.25, -0.2) is 9.59 Å². The van der Waals surface area contributed by atoms with Crippen molar-refractivity contribution in [1.29, 1.82) is 0 Å². The molecule has 0 atom stereocenters. The highest BCUT2D eigenvalue weighted by Gasteiger charge is 2.52. The number of nitrogens with zero attached hydrogens (tertiary/aromatic N) is 1. The van der Waals surface area contributed by atoms with E-state index in [0.717, 1.165) is 24.8 Å². The molecule has 1 saturated heterocycles. The van der Waals surface area contributed by atoms with Crippen LogP contribution in [0.25, 0.3) is 0 Å². The summed E-state index contributed by atoms with van der Waals surface area (Å²) in [5.74, 6) is -0.168. The maximum Gasteiger partial charge on any atom is 0.325 e. The number of amides is 5. The van der Waals surface area contributed by atoms with Crippen LogP contribution in [0.15, 0.2) is 54.6 Å². The number of hydrogen-bond acceptors (Lipinski definition) is 3. The van der Waals surface area contributed by atoms with Crippen LogP contribution in [-0.2, 0) is 11.3 Å². The van der Waals surface area contributed by atoms with Crippen LogP contribution < -0.4 is 16.0 Å². The fraction of sp³-hybridized carbons (Fsp3) is 0.318. The molecule has 2 aliphatic rings. The summed E-state index contributed by atoms with van der Waals surface area (Å²) < 4.78 is 0. The van der Waals surface area contributed by atoms with Gasteiger partial charge in [0.2, 0.25) is 0 Å². The van der Waals surface area contributed by atoms with Gasteiger partial charge in [-0.3, -0.25) is 10.1 Å². The predicted molar refractivity (Wildman–Crippen MR) is 110 cm³/mol. The van der Waals surface area contributed by atoms with E-state index in [-0.39, 0.29) is 18.0 Å². The van der Waals surface area contributed by atoms with E-state index < -0.39 is 5.54 Å². The minimum absolute atomic E-state index is 0.168. The van der Waals surface area contributed by atoms with E-state index >= 15 is 0 Å². The lowest BCUT2D eigenvalue weighted by Gasteiger charge is -2.38. The Bertz CT molecular complexity index is 905. The van der Waals surface area contributed by atoms with Gasteiger partial charge in [-0.2, -0.15) is 0 Å². The van der Waals surface area contributed by atoms with Crippen molar-refractivity contribution in [3.05, 3.63) is 60.2 Å². The topological polar surface area (TPSA) is 90.5 Å². The van der Waals surface area contributed by atoms with Gasteiger partial charge in [0.15, 0.2) is 0 Å². The predicted octanol–water partition coefficient (Wildman–Crippen LogP) is 4.09. The van der Waals surface area contributed by atoms with E-state index in [2.05, 4.69) is 16.0 Å². The van der Waals surface area contributed by atoms with E-state index in [1.807, 2.05) is 42.5 Å². The molecule has 2 fully saturated rings. The highest BCUT2D eigenvalue weighted by Crippen LogP contribution is 2.38. The normalized spacial score (nSPS) is 17.9. The van der Waals surface area contributed by atoms with Crippen molar-refractivity contribution in [2.45, 2.75) is 44.2 Å². The number of benzene rings is 2. The molecule has 7 heteroatoms. The summed E-state index contributed by atoms with van der Waals surface area (Å²) in [5, 5.41) is 8.04. The van der Waals surface area contributed by atoms with Gasteiger partial charge in [0.25, 0.3) is 5.91 Å². The monoisotopic (exact) mass is 392 g/mol.